The maximum absolute atomic E-state index is 13.4. The van der Waals surface area contributed by atoms with Gasteiger partial charge < -0.3 is 13.9 Å². The molecule has 1 N–H and O–H groups in total. The monoisotopic (exact) mass is 339 g/mol. The van der Waals surface area contributed by atoms with Gasteiger partial charge in [0.05, 0.1) is 11.0 Å². The fourth-order valence-electron chi connectivity index (χ4n) is 2.87. The minimum Gasteiger partial charge on any atom is -0.423 e. The van der Waals surface area contributed by atoms with Crippen LogP contribution in [0.25, 0.3) is 22.1 Å². The number of fused-ring (bicyclic) bond motifs is 2. The molecule has 0 fully saturated rings. The summed E-state index contributed by atoms with van der Waals surface area (Å²) in [6, 6.07) is 10.8. The van der Waals surface area contributed by atoms with E-state index in [0.717, 1.165) is 23.1 Å². The van der Waals surface area contributed by atoms with Gasteiger partial charge in [-0.05, 0) is 43.9 Å². The number of rotatable bonds is 4. The molecule has 128 valence electrons. The van der Waals surface area contributed by atoms with Crippen LogP contribution in [0.15, 0.2) is 40.8 Å². The van der Waals surface area contributed by atoms with Gasteiger partial charge in [0.1, 0.15) is 11.3 Å². The maximum atomic E-state index is 13.4. The summed E-state index contributed by atoms with van der Waals surface area (Å²) in [5.74, 6) is 0.230. The van der Waals surface area contributed by atoms with E-state index in [2.05, 4.69) is 20.2 Å². The number of aromatic nitrogens is 3. The van der Waals surface area contributed by atoms with Crippen LogP contribution in [-0.4, -0.2) is 33.5 Å². The zero-order chi connectivity index (χ0) is 17.6. The van der Waals surface area contributed by atoms with Gasteiger partial charge in [-0.1, -0.05) is 6.07 Å². The van der Waals surface area contributed by atoms with Crippen molar-refractivity contribution in [2.75, 3.05) is 19.4 Å². The van der Waals surface area contributed by atoms with E-state index in [9.17, 15) is 4.39 Å². The van der Waals surface area contributed by atoms with E-state index in [1.165, 1.54) is 12.1 Å². The number of hydrogen-bond acceptors (Lipinski definition) is 5. The predicted octanol–water partition coefficient (Wildman–Crippen LogP) is 3.66. The Bertz CT molecular complexity index is 1070. The number of hydrogen-bond donors (Lipinski definition) is 1. The molecule has 4 aromatic rings. The normalized spacial score (nSPS) is 11.7. The molecular formula is C18H18FN5O. The molecule has 25 heavy (non-hydrogen) atoms. The third-order valence-electron chi connectivity index (χ3n) is 4.01. The highest BCUT2D eigenvalue weighted by Crippen LogP contribution is 2.25. The summed E-state index contributed by atoms with van der Waals surface area (Å²) in [5, 5.41) is 3.07. The van der Waals surface area contributed by atoms with Crippen molar-refractivity contribution in [2.24, 2.45) is 7.05 Å². The average Bonchev–Trinajstić information content (AvgIpc) is 3.07. The first-order valence-corrected chi connectivity index (χ1v) is 7.93. The second-order valence-corrected chi connectivity index (χ2v) is 6.31. The van der Waals surface area contributed by atoms with Crippen LogP contribution in [0.4, 0.5) is 16.4 Å². The van der Waals surface area contributed by atoms with E-state index < -0.39 is 0 Å². The molecule has 2 aromatic carbocycles. The number of anilines is 2. The first kappa shape index (κ1) is 15.6. The van der Waals surface area contributed by atoms with Gasteiger partial charge in [-0.3, -0.25) is 5.32 Å². The van der Waals surface area contributed by atoms with E-state index in [1.54, 1.807) is 6.07 Å². The summed E-state index contributed by atoms with van der Waals surface area (Å²) in [4.78, 5) is 10.9. The molecule has 0 atom stereocenters. The number of benzene rings is 2. The van der Waals surface area contributed by atoms with Gasteiger partial charge in [-0.2, -0.15) is 4.98 Å². The Morgan fingerprint density at radius 1 is 1.12 bits per heavy atom. The van der Waals surface area contributed by atoms with Gasteiger partial charge in [0.15, 0.2) is 5.58 Å². The number of imidazole rings is 1. The predicted molar refractivity (Wildman–Crippen MR) is 95.4 cm³/mol. The molecule has 0 saturated carbocycles. The van der Waals surface area contributed by atoms with E-state index in [-0.39, 0.29) is 5.82 Å². The van der Waals surface area contributed by atoms with Crippen LogP contribution in [0.5, 0.6) is 0 Å². The van der Waals surface area contributed by atoms with E-state index in [4.69, 9.17) is 4.42 Å². The summed E-state index contributed by atoms with van der Waals surface area (Å²) in [5.41, 5.74) is 4.04. The highest BCUT2D eigenvalue weighted by atomic mass is 19.1. The Hall–Kier alpha value is -2.93. The molecule has 2 heterocycles. The van der Waals surface area contributed by atoms with Crippen LogP contribution in [0, 0.1) is 5.82 Å². The van der Waals surface area contributed by atoms with Crippen LogP contribution in [0.1, 0.15) is 5.56 Å². The minimum atomic E-state index is -0.313. The molecule has 0 amide bonds. The quantitative estimate of drug-likeness (QED) is 0.615. The zero-order valence-corrected chi connectivity index (χ0v) is 14.2. The number of aryl methyl sites for hydroxylation is 1. The second kappa shape index (κ2) is 5.86. The van der Waals surface area contributed by atoms with Gasteiger partial charge in [0.25, 0.3) is 0 Å². The minimum absolute atomic E-state index is 0.313. The summed E-state index contributed by atoms with van der Waals surface area (Å²) in [6.07, 6.45) is 0. The molecule has 0 bridgehead atoms. The lowest BCUT2D eigenvalue weighted by Gasteiger charge is -2.08. The fraction of sp³-hybridized carbons (Fsp3) is 0.222. The highest BCUT2D eigenvalue weighted by Gasteiger charge is 2.12. The number of nitrogens with zero attached hydrogens (tertiary/aromatic N) is 4. The Labute approximate surface area is 143 Å². The second-order valence-electron chi connectivity index (χ2n) is 6.31. The van der Waals surface area contributed by atoms with Gasteiger partial charge in [0, 0.05) is 19.7 Å². The van der Waals surface area contributed by atoms with Crippen molar-refractivity contribution in [1.82, 2.24) is 19.4 Å². The van der Waals surface area contributed by atoms with Crippen LogP contribution >= 0.6 is 0 Å². The van der Waals surface area contributed by atoms with Gasteiger partial charge in [-0.15, -0.1) is 0 Å². The third kappa shape index (κ3) is 2.94. The van der Waals surface area contributed by atoms with E-state index in [0.29, 0.717) is 23.1 Å². The Morgan fingerprint density at radius 2 is 1.96 bits per heavy atom. The molecule has 0 aliphatic carbocycles. The number of nitrogens with one attached hydrogen (secondary N) is 1. The van der Waals surface area contributed by atoms with Crippen molar-refractivity contribution >= 4 is 34.1 Å². The average molecular weight is 339 g/mol. The van der Waals surface area contributed by atoms with Gasteiger partial charge >= 0.3 is 6.01 Å². The first-order chi connectivity index (χ1) is 12.0. The molecule has 7 heteroatoms. The SMILES string of the molecule is CN(C)Cc1ccc2nc(Nc3nc4cc(F)ccc4n3C)oc2c1. The highest BCUT2D eigenvalue weighted by molar-refractivity contribution is 5.80. The molecule has 0 spiro atoms. The maximum Gasteiger partial charge on any atom is 0.302 e. The number of oxazole rings is 1. The summed E-state index contributed by atoms with van der Waals surface area (Å²) in [6.45, 7) is 0.829. The van der Waals surface area contributed by atoms with Crippen molar-refractivity contribution in [3.63, 3.8) is 0 Å². The van der Waals surface area contributed by atoms with Crippen molar-refractivity contribution in [1.29, 1.82) is 0 Å². The topological polar surface area (TPSA) is 59.1 Å². The Balaban J connectivity index is 1.67. The van der Waals surface area contributed by atoms with Crippen molar-refractivity contribution in [2.45, 2.75) is 6.54 Å². The molecule has 0 unspecified atom stereocenters. The molecule has 6 nitrogen and oxygen atoms in total. The molecule has 0 radical (unpaired) electrons. The van der Waals surface area contributed by atoms with Crippen LogP contribution in [0.2, 0.25) is 0 Å². The van der Waals surface area contributed by atoms with E-state index in [1.807, 2.05) is 43.9 Å². The largest absolute Gasteiger partial charge is 0.423 e. The summed E-state index contributed by atoms with van der Waals surface area (Å²) in [7, 11) is 5.89. The summed E-state index contributed by atoms with van der Waals surface area (Å²) >= 11 is 0. The molecule has 2 aromatic heterocycles. The lowest BCUT2D eigenvalue weighted by atomic mass is 10.2. The molecule has 0 aliphatic rings. The number of halogens is 1. The van der Waals surface area contributed by atoms with Crippen LogP contribution in [-0.2, 0) is 13.6 Å². The first-order valence-electron chi connectivity index (χ1n) is 7.93. The fourth-order valence-corrected chi connectivity index (χ4v) is 2.87. The summed E-state index contributed by atoms with van der Waals surface area (Å²) < 4.78 is 21.0. The van der Waals surface area contributed by atoms with Crippen molar-refractivity contribution < 1.29 is 8.81 Å². The van der Waals surface area contributed by atoms with Gasteiger partial charge in [0.2, 0.25) is 5.95 Å². The smallest absolute Gasteiger partial charge is 0.302 e. The molecular weight excluding hydrogens is 321 g/mol. The molecule has 0 aliphatic heterocycles. The standard InChI is InChI=1S/C18H18FN5O/c1-23(2)10-11-4-6-13-16(8-11)25-18(21-13)22-17-20-14-9-12(19)5-7-15(14)24(17)3/h4-9H,10H2,1-3H3,(H,20,21,22). The lowest BCUT2D eigenvalue weighted by molar-refractivity contribution is 0.402. The lowest BCUT2D eigenvalue weighted by Crippen LogP contribution is -2.10. The zero-order valence-electron chi connectivity index (χ0n) is 14.2. The van der Waals surface area contributed by atoms with Crippen molar-refractivity contribution in [3.05, 3.63) is 47.8 Å². The van der Waals surface area contributed by atoms with Crippen molar-refractivity contribution in [3.8, 4) is 0 Å². The van der Waals surface area contributed by atoms with Crippen LogP contribution in [0.3, 0.4) is 0 Å². The Morgan fingerprint density at radius 3 is 2.76 bits per heavy atom. The molecule has 4 rings (SSSR count). The van der Waals surface area contributed by atoms with E-state index >= 15 is 0 Å². The Kier molecular flexibility index (Phi) is 3.65. The van der Waals surface area contributed by atoms with Gasteiger partial charge in [-0.25, -0.2) is 9.37 Å². The molecule has 0 saturated heterocycles. The third-order valence-corrected chi connectivity index (χ3v) is 4.01. The van der Waals surface area contributed by atoms with Crippen LogP contribution < -0.4 is 5.32 Å².